The van der Waals surface area contributed by atoms with E-state index in [1.807, 2.05) is 31.4 Å². The van der Waals surface area contributed by atoms with Gasteiger partial charge in [0.25, 0.3) is 5.56 Å². The Kier molecular flexibility index (Phi) is 8.82. The van der Waals surface area contributed by atoms with E-state index in [2.05, 4.69) is 33.2 Å². The number of benzene rings is 1. The van der Waals surface area contributed by atoms with Crippen molar-refractivity contribution in [3.8, 4) is 0 Å². The van der Waals surface area contributed by atoms with Crippen LogP contribution in [0.2, 0.25) is 0 Å². The Morgan fingerprint density at radius 3 is 2.26 bits per heavy atom. The number of hydrogen-bond donors (Lipinski definition) is 1. The lowest BCUT2D eigenvalue weighted by Crippen LogP contribution is -2.41. The molecule has 9 heteroatoms. The molecule has 1 N–H and O–H groups in total. The van der Waals surface area contributed by atoms with Gasteiger partial charge in [0, 0.05) is 30.0 Å². The molecule has 0 aliphatic heterocycles. The summed E-state index contributed by atoms with van der Waals surface area (Å²) in [6.45, 7) is 5.19. The first kappa shape index (κ1) is 24.6. The zero-order valence-corrected chi connectivity index (χ0v) is 19.4. The van der Waals surface area contributed by atoms with Crippen LogP contribution in [0.3, 0.4) is 0 Å². The summed E-state index contributed by atoms with van der Waals surface area (Å²) in [5, 5.41) is 3.12. The van der Waals surface area contributed by atoms with Crippen molar-refractivity contribution in [1.82, 2.24) is 19.4 Å². The predicted octanol–water partition coefficient (Wildman–Crippen LogP) is 3.79. The van der Waals surface area contributed by atoms with Crippen LogP contribution in [0.4, 0.5) is 8.78 Å². The highest BCUT2D eigenvalue weighted by molar-refractivity contribution is 9.10. The fraction of sp³-hybridized carbons (Fsp3) is 0.318. The predicted molar refractivity (Wildman–Crippen MR) is 120 cm³/mol. The van der Waals surface area contributed by atoms with Gasteiger partial charge in [0.05, 0.1) is 12.2 Å². The standard InChI is InChI=1S/C14H13BrF2N2O2.C8H12N2/c1-3-18-13(20)12(15)8(2)19(14(18)21)7-9-10(16)5-4-6-11(9)17;1-7(9-2)8-5-3-4-6-10-8/h4-6H,3,7H2,1-2H3;3-7,9H,1-2H3. The Bertz CT molecular complexity index is 1130. The molecule has 0 bridgehead atoms. The summed E-state index contributed by atoms with van der Waals surface area (Å²) in [6, 6.07) is 9.80. The second-order valence-electron chi connectivity index (χ2n) is 6.78. The molecule has 3 aromatic rings. The van der Waals surface area contributed by atoms with E-state index in [4.69, 9.17) is 0 Å². The molecular formula is C22H25BrF2N4O2. The van der Waals surface area contributed by atoms with Gasteiger partial charge in [-0.05, 0) is 68.0 Å². The summed E-state index contributed by atoms with van der Waals surface area (Å²) in [6.07, 6.45) is 1.81. The monoisotopic (exact) mass is 494 g/mol. The molecule has 0 saturated heterocycles. The van der Waals surface area contributed by atoms with Crippen molar-refractivity contribution in [3.63, 3.8) is 0 Å². The van der Waals surface area contributed by atoms with Gasteiger partial charge >= 0.3 is 5.69 Å². The first-order chi connectivity index (χ1) is 14.7. The largest absolute Gasteiger partial charge is 0.331 e. The van der Waals surface area contributed by atoms with Crippen LogP contribution in [-0.2, 0) is 13.1 Å². The van der Waals surface area contributed by atoms with Crippen molar-refractivity contribution >= 4 is 15.9 Å². The fourth-order valence-electron chi connectivity index (χ4n) is 2.85. The summed E-state index contributed by atoms with van der Waals surface area (Å²) < 4.78 is 29.8. The molecule has 0 amide bonds. The average molecular weight is 495 g/mol. The molecule has 3 rings (SSSR count). The Balaban J connectivity index is 0.000000285. The summed E-state index contributed by atoms with van der Waals surface area (Å²) in [7, 11) is 1.93. The molecule has 31 heavy (non-hydrogen) atoms. The van der Waals surface area contributed by atoms with Crippen LogP contribution in [0.1, 0.15) is 36.8 Å². The maximum absolute atomic E-state index is 13.7. The van der Waals surface area contributed by atoms with E-state index in [9.17, 15) is 18.4 Å². The third-order valence-electron chi connectivity index (χ3n) is 4.88. The molecule has 0 saturated carbocycles. The average Bonchev–Trinajstić information content (AvgIpc) is 2.78. The van der Waals surface area contributed by atoms with Crippen LogP contribution in [0.5, 0.6) is 0 Å². The quantitative estimate of drug-likeness (QED) is 0.585. The zero-order chi connectivity index (χ0) is 23.1. The number of pyridine rings is 1. The summed E-state index contributed by atoms with van der Waals surface area (Å²) >= 11 is 3.13. The van der Waals surface area contributed by atoms with Gasteiger partial charge in [0.1, 0.15) is 16.1 Å². The molecule has 0 aliphatic carbocycles. The van der Waals surface area contributed by atoms with Crippen LogP contribution in [0, 0.1) is 18.6 Å². The molecule has 0 radical (unpaired) electrons. The van der Waals surface area contributed by atoms with Gasteiger partial charge in [-0.1, -0.05) is 12.1 Å². The van der Waals surface area contributed by atoms with Gasteiger partial charge in [-0.2, -0.15) is 0 Å². The van der Waals surface area contributed by atoms with Crippen molar-refractivity contribution in [3.05, 3.63) is 96.5 Å². The van der Waals surface area contributed by atoms with E-state index in [0.717, 1.165) is 22.4 Å². The van der Waals surface area contributed by atoms with Crippen LogP contribution < -0.4 is 16.6 Å². The Labute approximate surface area is 187 Å². The van der Waals surface area contributed by atoms with Crippen molar-refractivity contribution in [1.29, 1.82) is 0 Å². The fourth-order valence-corrected chi connectivity index (χ4v) is 3.28. The van der Waals surface area contributed by atoms with E-state index < -0.39 is 22.9 Å². The Hall–Kier alpha value is -2.65. The smallest absolute Gasteiger partial charge is 0.312 e. The molecule has 0 spiro atoms. The van der Waals surface area contributed by atoms with Gasteiger partial charge in [0.2, 0.25) is 0 Å². The van der Waals surface area contributed by atoms with Crippen LogP contribution in [0.25, 0.3) is 0 Å². The third-order valence-corrected chi connectivity index (χ3v) is 5.79. The molecule has 1 atom stereocenters. The highest BCUT2D eigenvalue weighted by Gasteiger charge is 2.17. The maximum Gasteiger partial charge on any atom is 0.331 e. The first-order valence-electron chi connectivity index (χ1n) is 9.73. The van der Waals surface area contributed by atoms with E-state index >= 15 is 0 Å². The third kappa shape index (κ3) is 5.74. The lowest BCUT2D eigenvalue weighted by Gasteiger charge is -2.15. The van der Waals surface area contributed by atoms with Crippen molar-refractivity contribution in [2.45, 2.75) is 39.9 Å². The minimum absolute atomic E-state index is 0.177. The van der Waals surface area contributed by atoms with Crippen LogP contribution in [-0.4, -0.2) is 21.2 Å². The summed E-state index contributed by atoms with van der Waals surface area (Å²) in [5.41, 5.74) is 0.161. The van der Waals surface area contributed by atoms with Gasteiger partial charge in [-0.25, -0.2) is 13.6 Å². The normalized spacial score (nSPS) is 11.6. The number of nitrogens with one attached hydrogen (secondary N) is 1. The highest BCUT2D eigenvalue weighted by atomic mass is 79.9. The molecule has 2 heterocycles. The van der Waals surface area contributed by atoms with E-state index in [-0.39, 0.29) is 23.1 Å². The lowest BCUT2D eigenvalue weighted by molar-refractivity contribution is 0.521. The molecule has 1 aromatic carbocycles. The SMILES string of the molecule is CCn1c(=O)c(Br)c(C)n(Cc2c(F)cccc2F)c1=O.CNC(C)c1ccccn1. The number of nitrogens with zero attached hydrogens (tertiary/aromatic N) is 3. The second kappa shape index (κ2) is 11.1. The van der Waals surface area contributed by atoms with Gasteiger partial charge in [0.15, 0.2) is 0 Å². The Morgan fingerprint density at radius 2 is 1.74 bits per heavy atom. The number of hydrogen-bond acceptors (Lipinski definition) is 4. The topological polar surface area (TPSA) is 68.9 Å². The first-order valence-corrected chi connectivity index (χ1v) is 10.5. The molecule has 0 aliphatic rings. The molecule has 1 unspecified atom stereocenters. The minimum atomic E-state index is -0.730. The minimum Gasteiger partial charge on any atom is -0.312 e. The summed E-state index contributed by atoms with van der Waals surface area (Å²) in [4.78, 5) is 28.4. The molecule has 6 nitrogen and oxygen atoms in total. The Morgan fingerprint density at radius 1 is 1.10 bits per heavy atom. The van der Waals surface area contributed by atoms with Crippen LogP contribution >= 0.6 is 15.9 Å². The highest BCUT2D eigenvalue weighted by Crippen LogP contribution is 2.15. The lowest BCUT2D eigenvalue weighted by atomic mass is 10.2. The number of rotatable bonds is 5. The van der Waals surface area contributed by atoms with Crippen LogP contribution in [0.15, 0.2) is 56.7 Å². The second-order valence-corrected chi connectivity index (χ2v) is 7.58. The maximum atomic E-state index is 13.7. The summed E-state index contributed by atoms with van der Waals surface area (Å²) in [5.74, 6) is -1.46. The van der Waals surface area contributed by atoms with Gasteiger partial charge in [-0.3, -0.25) is 18.9 Å². The van der Waals surface area contributed by atoms with Crippen molar-refractivity contribution in [2.24, 2.45) is 0 Å². The molecule has 0 fully saturated rings. The number of aromatic nitrogens is 3. The van der Waals surface area contributed by atoms with Crippen molar-refractivity contribution in [2.75, 3.05) is 7.05 Å². The molecule has 2 aromatic heterocycles. The van der Waals surface area contributed by atoms with Gasteiger partial charge < -0.3 is 5.32 Å². The zero-order valence-electron chi connectivity index (χ0n) is 17.8. The molecule has 166 valence electrons. The van der Waals surface area contributed by atoms with Crippen molar-refractivity contribution < 1.29 is 8.78 Å². The van der Waals surface area contributed by atoms with E-state index in [0.29, 0.717) is 11.7 Å². The number of halogens is 3. The van der Waals surface area contributed by atoms with E-state index in [1.165, 1.54) is 10.6 Å². The van der Waals surface area contributed by atoms with E-state index in [1.54, 1.807) is 13.8 Å². The molecular weight excluding hydrogens is 470 g/mol. The van der Waals surface area contributed by atoms with Gasteiger partial charge in [-0.15, -0.1) is 0 Å².